The number of thiophene rings is 1. The largest absolute Gasteiger partial charge is 0.488 e. The molecule has 144 valence electrons. The summed E-state index contributed by atoms with van der Waals surface area (Å²) in [6.07, 6.45) is 0. The van der Waals surface area contributed by atoms with Crippen molar-refractivity contribution in [3.05, 3.63) is 82.0 Å². The third-order valence-corrected chi connectivity index (χ3v) is 5.83. The van der Waals surface area contributed by atoms with Crippen molar-refractivity contribution in [3.8, 4) is 5.75 Å². The lowest BCUT2D eigenvalue weighted by Crippen LogP contribution is -2.48. The summed E-state index contributed by atoms with van der Waals surface area (Å²) in [6.45, 7) is 5.80. The van der Waals surface area contributed by atoms with E-state index in [-0.39, 0.29) is 5.91 Å². The smallest absolute Gasteiger partial charge is 0.254 e. The minimum absolute atomic E-state index is 0.0745. The van der Waals surface area contributed by atoms with Crippen LogP contribution in [-0.4, -0.2) is 37.0 Å². The molecule has 0 spiro atoms. The topological polar surface area (TPSA) is 32.8 Å². The van der Waals surface area contributed by atoms with Crippen molar-refractivity contribution >= 4 is 22.9 Å². The molecule has 0 unspecified atom stereocenters. The highest BCUT2D eigenvalue weighted by Crippen LogP contribution is 2.21. The fraction of sp³-hybridized carbons (Fsp3) is 0.261. The fourth-order valence-corrected chi connectivity index (χ4v) is 4.06. The molecule has 0 saturated carbocycles. The molecule has 0 radical (unpaired) electrons. The van der Waals surface area contributed by atoms with Crippen LogP contribution in [0.25, 0.3) is 0 Å². The molecule has 0 atom stereocenters. The van der Waals surface area contributed by atoms with Gasteiger partial charge in [-0.1, -0.05) is 24.3 Å². The van der Waals surface area contributed by atoms with Crippen molar-refractivity contribution in [1.82, 2.24) is 4.90 Å². The molecule has 28 heavy (non-hydrogen) atoms. The first-order valence-corrected chi connectivity index (χ1v) is 10.4. The number of amides is 1. The lowest BCUT2D eigenvalue weighted by Gasteiger charge is -2.36. The molecule has 3 aromatic rings. The Bertz CT molecular complexity index is 931. The van der Waals surface area contributed by atoms with Crippen LogP contribution in [0.1, 0.15) is 20.8 Å². The van der Waals surface area contributed by atoms with E-state index in [4.69, 9.17) is 4.74 Å². The van der Waals surface area contributed by atoms with E-state index in [2.05, 4.69) is 36.1 Å². The Kier molecular flexibility index (Phi) is 5.63. The number of carbonyl (C=O) groups excluding carboxylic acids is 1. The van der Waals surface area contributed by atoms with Crippen molar-refractivity contribution in [3.63, 3.8) is 0 Å². The van der Waals surface area contributed by atoms with Gasteiger partial charge in [-0.2, -0.15) is 0 Å². The van der Waals surface area contributed by atoms with Crippen LogP contribution in [0.2, 0.25) is 0 Å². The molecule has 0 aliphatic carbocycles. The Hall–Kier alpha value is -2.79. The fourth-order valence-electron chi connectivity index (χ4n) is 3.44. The predicted octanol–water partition coefficient (Wildman–Crippen LogP) is 4.60. The number of hydrogen-bond acceptors (Lipinski definition) is 4. The molecule has 2 aromatic carbocycles. The molecule has 2 heterocycles. The van der Waals surface area contributed by atoms with Gasteiger partial charge in [0, 0.05) is 42.3 Å². The number of aryl methyl sites for hydroxylation is 1. The molecule has 1 aliphatic rings. The standard InChI is InChI=1S/C23H24N2O2S/c1-18-5-2-7-20(15-18)24-10-12-25(13-11-24)23(26)19-6-3-8-21(16-19)27-17-22-9-4-14-28-22/h2-9,14-16H,10-13,17H2,1H3. The third-order valence-electron chi connectivity index (χ3n) is 4.98. The van der Waals surface area contributed by atoms with E-state index in [1.165, 1.54) is 16.1 Å². The van der Waals surface area contributed by atoms with Gasteiger partial charge in [-0.15, -0.1) is 11.3 Å². The second-order valence-electron chi connectivity index (χ2n) is 7.01. The molecule has 5 heteroatoms. The van der Waals surface area contributed by atoms with Gasteiger partial charge in [0.15, 0.2) is 0 Å². The minimum atomic E-state index is 0.0745. The van der Waals surface area contributed by atoms with Gasteiger partial charge in [0.25, 0.3) is 5.91 Å². The molecular formula is C23H24N2O2S. The van der Waals surface area contributed by atoms with Crippen LogP contribution in [0.3, 0.4) is 0 Å². The Labute approximate surface area is 170 Å². The SMILES string of the molecule is Cc1cccc(N2CCN(C(=O)c3cccc(OCc4cccs4)c3)CC2)c1. The van der Waals surface area contributed by atoms with E-state index < -0.39 is 0 Å². The van der Waals surface area contributed by atoms with Crippen LogP contribution in [0.5, 0.6) is 5.75 Å². The first-order chi connectivity index (χ1) is 13.7. The first kappa shape index (κ1) is 18.6. The maximum atomic E-state index is 12.9. The average Bonchev–Trinajstić information content (AvgIpc) is 3.26. The number of benzene rings is 2. The van der Waals surface area contributed by atoms with E-state index >= 15 is 0 Å². The van der Waals surface area contributed by atoms with Gasteiger partial charge >= 0.3 is 0 Å². The van der Waals surface area contributed by atoms with Crippen molar-refractivity contribution in [2.75, 3.05) is 31.1 Å². The summed E-state index contributed by atoms with van der Waals surface area (Å²) in [5.74, 6) is 0.808. The normalized spacial score (nSPS) is 14.2. The monoisotopic (exact) mass is 392 g/mol. The number of carbonyl (C=O) groups is 1. The number of anilines is 1. The van der Waals surface area contributed by atoms with Gasteiger partial charge in [0.1, 0.15) is 12.4 Å². The van der Waals surface area contributed by atoms with Gasteiger partial charge in [-0.05, 0) is 54.3 Å². The second kappa shape index (κ2) is 8.48. The number of piperazine rings is 1. The van der Waals surface area contributed by atoms with E-state index in [0.29, 0.717) is 12.2 Å². The summed E-state index contributed by atoms with van der Waals surface area (Å²) >= 11 is 1.67. The van der Waals surface area contributed by atoms with Gasteiger partial charge in [0.2, 0.25) is 0 Å². The molecule has 4 rings (SSSR count). The highest BCUT2D eigenvalue weighted by molar-refractivity contribution is 7.09. The zero-order chi connectivity index (χ0) is 19.3. The van der Waals surface area contributed by atoms with Crippen molar-refractivity contribution in [2.45, 2.75) is 13.5 Å². The Morgan fingerprint density at radius 2 is 1.82 bits per heavy atom. The Morgan fingerprint density at radius 1 is 1.00 bits per heavy atom. The maximum Gasteiger partial charge on any atom is 0.254 e. The zero-order valence-electron chi connectivity index (χ0n) is 16.0. The first-order valence-electron chi connectivity index (χ1n) is 9.55. The van der Waals surface area contributed by atoms with E-state index in [1.54, 1.807) is 11.3 Å². The number of nitrogens with zero attached hydrogens (tertiary/aromatic N) is 2. The van der Waals surface area contributed by atoms with Crippen LogP contribution >= 0.6 is 11.3 Å². The lowest BCUT2D eigenvalue weighted by atomic mass is 10.1. The highest BCUT2D eigenvalue weighted by atomic mass is 32.1. The molecule has 0 N–H and O–H groups in total. The summed E-state index contributed by atoms with van der Waals surface area (Å²) < 4.78 is 5.85. The van der Waals surface area contributed by atoms with Crippen molar-refractivity contribution in [1.29, 1.82) is 0 Å². The van der Waals surface area contributed by atoms with E-state index in [0.717, 1.165) is 31.9 Å². The number of hydrogen-bond donors (Lipinski definition) is 0. The van der Waals surface area contributed by atoms with E-state index in [1.807, 2.05) is 46.7 Å². The quantitative estimate of drug-likeness (QED) is 0.636. The number of ether oxygens (including phenoxy) is 1. The van der Waals surface area contributed by atoms with Crippen molar-refractivity contribution in [2.24, 2.45) is 0 Å². The van der Waals surface area contributed by atoms with E-state index in [9.17, 15) is 4.79 Å². The van der Waals surface area contributed by atoms with Crippen LogP contribution in [0.15, 0.2) is 66.0 Å². The second-order valence-corrected chi connectivity index (χ2v) is 8.05. The van der Waals surface area contributed by atoms with Crippen LogP contribution < -0.4 is 9.64 Å². The Balaban J connectivity index is 1.36. The number of rotatable bonds is 5. The zero-order valence-corrected chi connectivity index (χ0v) is 16.8. The molecule has 4 nitrogen and oxygen atoms in total. The molecule has 0 bridgehead atoms. The summed E-state index contributed by atoms with van der Waals surface area (Å²) in [7, 11) is 0. The summed E-state index contributed by atoms with van der Waals surface area (Å²) in [5, 5.41) is 2.04. The van der Waals surface area contributed by atoms with Gasteiger partial charge in [0.05, 0.1) is 0 Å². The molecular weight excluding hydrogens is 368 g/mol. The van der Waals surface area contributed by atoms with Crippen LogP contribution in [0.4, 0.5) is 5.69 Å². The molecule has 1 amide bonds. The Morgan fingerprint density at radius 3 is 2.57 bits per heavy atom. The molecule has 1 saturated heterocycles. The van der Waals surface area contributed by atoms with Crippen LogP contribution in [0, 0.1) is 6.92 Å². The summed E-state index contributed by atoms with van der Waals surface area (Å²) in [4.78, 5) is 18.4. The lowest BCUT2D eigenvalue weighted by molar-refractivity contribution is 0.0746. The van der Waals surface area contributed by atoms with Crippen molar-refractivity contribution < 1.29 is 9.53 Å². The predicted molar refractivity (Wildman–Crippen MR) is 114 cm³/mol. The summed E-state index contributed by atoms with van der Waals surface area (Å²) in [6, 6.07) is 20.1. The van der Waals surface area contributed by atoms with Gasteiger partial charge in [-0.3, -0.25) is 4.79 Å². The molecule has 1 aromatic heterocycles. The molecule has 1 aliphatic heterocycles. The molecule has 1 fully saturated rings. The minimum Gasteiger partial charge on any atom is -0.488 e. The summed E-state index contributed by atoms with van der Waals surface area (Å²) in [5.41, 5.74) is 3.18. The van der Waals surface area contributed by atoms with Gasteiger partial charge in [-0.25, -0.2) is 0 Å². The van der Waals surface area contributed by atoms with Crippen LogP contribution in [-0.2, 0) is 6.61 Å². The maximum absolute atomic E-state index is 12.9. The average molecular weight is 393 g/mol. The third kappa shape index (κ3) is 4.37. The highest BCUT2D eigenvalue weighted by Gasteiger charge is 2.22. The van der Waals surface area contributed by atoms with Gasteiger partial charge < -0.3 is 14.5 Å².